The van der Waals surface area contributed by atoms with Gasteiger partial charge in [0, 0.05) is 44.2 Å². The molecule has 1 aromatic heterocycles. The van der Waals surface area contributed by atoms with Crippen LogP contribution in [0.2, 0.25) is 0 Å². The van der Waals surface area contributed by atoms with Crippen molar-refractivity contribution in [3.05, 3.63) is 30.1 Å². The van der Waals surface area contributed by atoms with Crippen LogP contribution in [0, 0.1) is 5.92 Å². The van der Waals surface area contributed by atoms with Crippen LogP contribution in [-0.2, 0) is 14.6 Å². The summed E-state index contributed by atoms with van der Waals surface area (Å²) in [5.74, 6) is -1.40. The Morgan fingerprint density at radius 3 is 2.60 bits per heavy atom. The van der Waals surface area contributed by atoms with Crippen LogP contribution in [0.25, 0.3) is 0 Å². The largest absolute Gasteiger partial charge is 0.481 e. The van der Waals surface area contributed by atoms with Gasteiger partial charge < -0.3 is 10.0 Å². The lowest BCUT2D eigenvalue weighted by molar-refractivity contribution is -0.141. The molecule has 0 saturated carbocycles. The fourth-order valence-electron chi connectivity index (χ4n) is 2.56. The molecule has 110 valence electrons. The van der Waals surface area contributed by atoms with Crippen molar-refractivity contribution < 1.29 is 18.3 Å². The first-order chi connectivity index (χ1) is 9.37. The Balaban J connectivity index is 2.10. The SMILES string of the molecule is CS(=O)(=O)CCN1C[C@H](C(=O)O)[C@@H](c2ccncc2)C1. The Morgan fingerprint density at radius 1 is 1.40 bits per heavy atom. The Kier molecular flexibility index (Phi) is 4.39. The zero-order chi connectivity index (χ0) is 14.8. The number of sulfone groups is 1. The summed E-state index contributed by atoms with van der Waals surface area (Å²) in [5, 5.41) is 9.33. The van der Waals surface area contributed by atoms with Gasteiger partial charge in [-0.1, -0.05) is 0 Å². The molecule has 1 N–H and O–H groups in total. The monoisotopic (exact) mass is 298 g/mol. The van der Waals surface area contributed by atoms with Crippen LogP contribution >= 0.6 is 0 Å². The second-order valence-electron chi connectivity index (χ2n) is 5.22. The predicted octanol–water partition coefficient (Wildman–Crippen LogP) is 0.226. The number of rotatable bonds is 5. The number of carbonyl (C=O) groups is 1. The molecular formula is C13H18N2O4S. The van der Waals surface area contributed by atoms with Gasteiger partial charge in [-0.25, -0.2) is 8.42 Å². The maximum absolute atomic E-state index is 11.4. The number of hydrogen-bond acceptors (Lipinski definition) is 5. The lowest BCUT2D eigenvalue weighted by Crippen LogP contribution is -2.28. The first kappa shape index (κ1) is 14.9. The van der Waals surface area contributed by atoms with Gasteiger partial charge in [0.15, 0.2) is 0 Å². The molecule has 0 amide bonds. The Bertz CT molecular complexity index is 573. The summed E-state index contributed by atoms with van der Waals surface area (Å²) in [7, 11) is -3.03. The van der Waals surface area contributed by atoms with Gasteiger partial charge in [0.25, 0.3) is 0 Å². The highest BCUT2D eigenvalue weighted by Gasteiger charge is 2.38. The smallest absolute Gasteiger partial charge is 0.308 e. The summed E-state index contributed by atoms with van der Waals surface area (Å²) in [6, 6.07) is 3.64. The number of hydrogen-bond donors (Lipinski definition) is 1. The van der Waals surface area contributed by atoms with Crippen molar-refractivity contribution in [3.63, 3.8) is 0 Å². The van der Waals surface area contributed by atoms with Gasteiger partial charge >= 0.3 is 5.97 Å². The van der Waals surface area contributed by atoms with E-state index in [1.54, 1.807) is 12.4 Å². The summed E-state index contributed by atoms with van der Waals surface area (Å²) < 4.78 is 22.4. The zero-order valence-corrected chi connectivity index (χ0v) is 12.1. The predicted molar refractivity (Wildman–Crippen MR) is 74.3 cm³/mol. The third-order valence-electron chi connectivity index (χ3n) is 3.63. The van der Waals surface area contributed by atoms with Crippen molar-refractivity contribution in [2.24, 2.45) is 5.92 Å². The summed E-state index contributed by atoms with van der Waals surface area (Å²) in [6.45, 7) is 1.33. The minimum atomic E-state index is -3.03. The van der Waals surface area contributed by atoms with Crippen LogP contribution in [0.3, 0.4) is 0 Å². The standard InChI is InChI=1S/C13H18N2O4S/c1-20(18,19)7-6-15-8-11(12(9-15)13(16)17)10-2-4-14-5-3-10/h2-5,11-12H,6-9H2,1H3,(H,16,17)/t11-,12+/m1/s1. The van der Waals surface area contributed by atoms with Crippen molar-refractivity contribution in [3.8, 4) is 0 Å². The molecule has 0 aliphatic carbocycles. The maximum atomic E-state index is 11.4. The lowest BCUT2D eigenvalue weighted by Gasteiger charge is -2.15. The highest BCUT2D eigenvalue weighted by atomic mass is 32.2. The van der Waals surface area contributed by atoms with Crippen molar-refractivity contribution in [1.29, 1.82) is 0 Å². The molecule has 1 aromatic rings. The fourth-order valence-corrected chi connectivity index (χ4v) is 3.15. The molecule has 1 aliphatic heterocycles. The first-order valence-corrected chi connectivity index (χ1v) is 8.45. The van der Waals surface area contributed by atoms with E-state index in [-0.39, 0.29) is 11.7 Å². The zero-order valence-electron chi connectivity index (χ0n) is 11.3. The van der Waals surface area contributed by atoms with Crippen molar-refractivity contribution in [2.45, 2.75) is 5.92 Å². The molecule has 1 aliphatic rings. The molecule has 7 heteroatoms. The molecule has 2 atom stereocenters. The Labute approximate surface area is 118 Å². The topological polar surface area (TPSA) is 87.6 Å². The number of aromatic nitrogens is 1. The van der Waals surface area contributed by atoms with E-state index in [1.165, 1.54) is 6.26 Å². The summed E-state index contributed by atoms with van der Waals surface area (Å²) in [6.07, 6.45) is 4.49. The number of aliphatic carboxylic acids is 1. The van der Waals surface area contributed by atoms with E-state index in [1.807, 2.05) is 17.0 Å². The van der Waals surface area contributed by atoms with Gasteiger partial charge in [0.1, 0.15) is 9.84 Å². The number of nitrogens with zero attached hydrogens (tertiary/aromatic N) is 2. The van der Waals surface area contributed by atoms with E-state index in [2.05, 4.69) is 4.98 Å². The molecule has 0 unspecified atom stereocenters. The first-order valence-electron chi connectivity index (χ1n) is 6.39. The molecule has 1 fully saturated rings. The van der Waals surface area contributed by atoms with Gasteiger partial charge in [-0.3, -0.25) is 9.78 Å². The molecule has 20 heavy (non-hydrogen) atoms. The van der Waals surface area contributed by atoms with Crippen molar-refractivity contribution in [1.82, 2.24) is 9.88 Å². The lowest BCUT2D eigenvalue weighted by atomic mass is 9.90. The second kappa shape index (κ2) is 5.88. The van der Waals surface area contributed by atoms with Crippen LogP contribution in [0.15, 0.2) is 24.5 Å². The number of carboxylic acid groups (broad SMARTS) is 1. The highest BCUT2D eigenvalue weighted by Crippen LogP contribution is 2.32. The summed E-state index contributed by atoms with van der Waals surface area (Å²) in [5.41, 5.74) is 0.939. The van der Waals surface area contributed by atoms with Crippen molar-refractivity contribution in [2.75, 3.05) is 31.6 Å². The van der Waals surface area contributed by atoms with E-state index in [0.29, 0.717) is 19.6 Å². The number of likely N-dealkylation sites (tertiary alicyclic amines) is 1. The van der Waals surface area contributed by atoms with Crippen LogP contribution < -0.4 is 0 Å². The van der Waals surface area contributed by atoms with Crippen LogP contribution in [0.1, 0.15) is 11.5 Å². The van der Waals surface area contributed by atoms with Gasteiger partial charge in [-0.15, -0.1) is 0 Å². The van der Waals surface area contributed by atoms with Crippen LogP contribution in [0.4, 0.5) is 0 Å². The maximum Gasteiger partial charge on any atom is 0.308 e. The van der Waals surface area contributed by atoms with Crippen LogP contribution in [-0.4, -0.2) is 61.0 Å². The van der Waals surface area contributed by atoms with Gasteiger partial charge in [0.05, 0.1) is 11.7 Å². The van der Waals surface area contributed by atoms with Gasteiger partial charge in [0.2, 0.25) is 0 Å². The van der Waals surface area contributed by atoms with E-state index < -0.39 is 21.7 Å². The van der Waals surface area contributed by atoms with Crippen LogP contribution in [0.5, 0.6) is 0 Å². The second-order valence-corrected chi connectivity index (χ2v) is 7.48. The van der Waals surface area contributed by atoms with E-state index in [4.69, 9.17) is 0 Å². The quantitative estimate of drug-likeness (QED) is 0.837. The average molecular weight is 298 g/mol. The third-order valence-corrected chi connectivity index (χ3v) is 4.55. The average Bonchev–Trinajstić information content (AvgIpc) is 2.81. The van der Waals surface area contributed by atoms with E-state index >= 15 is 0 Å². The summed E-state index contributed by atoms with van der Waals surface area (Å²) in [4.78, 5) is 17.2. The molecule has 0 radical (unpaired) electrons. The third kappa shape index (κ3) is 3.77. The minimum Gasteiger partial charge on any atom is -0.481 e. The normalized spacial score (nSPS) is 23.9. The molecule has 0 aromatic carbocycles. The Morgan fingerprint density at radius 2 is 2.05 bits per heavy atom. The highest BCUT2D eigenvalue weighted by molar-refractivity contribution is 7.90. The molecular weight excluding hydrogens is 280 g/mol. The molecule has 2 rings (SSSR count). The minimum absolute atomic E-state index is 0.0579. The van der Waals surface area contributed by atoms with Gasteiger partial charge in [-0.2, -0.15) is 0 Å². The number of carboxylic acids is 1. The van der Waals surface area contributed by atoms with Crippen molar-refractivity contribution >= 4 is 15.8 Å². The van der Waals surface area contributed by atoms with E-state index in [0.717, 1.165) is 5.56 Å². The number of pyridine rings is 1. The molecule has 0 spiro atoms. The molecule has 6 nitrogen and oxygen atoms in total. The van der Waals surface area contributed by atoms with E-state index in [9.17, 15) is 18.3 Å². The fraction of sp³-hybridized carbons (Fsp3) is 0.538. The van der Waals surface area contributed by atoms with Gasteiger partial charge in [-0.05, 0) is 17.7 Å². The summed E-state index contributed by atoms with van der Waals surface area (Å²) >= 11 is 0. The molecule has 2 heterocycles. The Hall–Kier alpha value is -1.47. The molecule has 1 saturated heterocycles. The molecule has 0 bridgehead atoms.